The van der Waals surface area contributed by atoms with Gasteiger partial charge in [0.25, 0.3) is 0 Å². The van der Waals surface area contributed by atoms with Crippen molar-refractivity contribution in [2.75, 3.05) is 7.11 Å². The summed E-state index contributed by atoms with van der Waals surface area (Å²) in [5.74, 6) is -1.57. The van der Waals surface area contributed by atoms with Gasteiger partial charge in [-0.2, -0.15) is 0 Å². The predicted octanol–water partition coefficient (Wildman–Crippen LogP) is 2.28. The molecule has 0 aromatic heterocycles. The van der Waals surface area contributed by atoms with Crippen LogP contribution in [0.3, 0.4) is 0 Å². The number of methoxy groups -OCH3 is 1. The Morgan fingerprint density at radius 2 is 1.80 bits per heavy atom. The van der Waals surface area contributed by atoms with E-state index in [0.717, 1.165) is 7.11 Å². The van der Waals surface area contributed by atoms with Gasteiger partial charge in [0.05, 0.1) is 7.11 Å². The number of Topliss-reactive ketones (excluding diaryl/α,β-unsaturated/α-hetero) is 1. The first-order valence-corrected chi connectivity index (χ1v) is 4.86. The van der Waals surface area contributed by atoms with Crippen LogP contribution in [0, 0.1) is 0 Å². The van der Waals surface area contributed by atoms with Gasteiger partial charge < -0.3 is 4.74 Å². The van der Waals surface area contributed by atoms with Crippen molar-refractivity contribution in [1.29, 1.82) is 0 Å². The van der Waals surface area contributed by atoms with Gasteiger partial charge in [0, 0.05) is 16.5 Å². The average Bonchev–Trinajstić information content (AvgIpc) is 2.22. The van der Waals surface area contributed by atoms with E-state index in [0.29, 0.717) is 15.6 Å². The van der Waals surface area contributed by atoms with Gasteiger partial charge >= 0.3 is 5.97 Å². The van der Waals surface area contributed by atoms with Crippen molar-refractivity contribution in [1.82, 2.24) is 0 Å². The Labute approximate surface area is 96.9 Å². The van der Waals surface area contributed by atoms with Crippen LogP contribution in [0.15, 0.2) is 18.2 Å². The molecule has 0 fully saturated rings. The number of esters is 1. The zero-order valence-electron chi connectivity index (χ0n) is 7.92. The third kappa shape index (κ3) is 2.94. The Balaban J connectivity index is 2.90. The first kappa shape index (κ1) is 12.0. The molecule has 0 unspecified atom stereocenters. The van der Waals surface area contributed by atoms with Crippen molar-refractivity contribution in [2.45, 2.75) is 6.42 Å². The van der Waals surface area contributed by atoms with Gasteiger partial charge in [0.15, 0.2) is 0 Å². The lowest BCUT2D eigenvalue weighted by Gasteiger charge is -2.04. The van der Waals surface area contributed by atoms with Gasteiger partial charge in [-0.25, -0.2) is 4.79 Å². The number of carbonyl (C=O) groups is 2. The lowest BCUT2D eigenvalue weighted by molar-refractivity contribution is -0.151. The van der Waals surface area contributed by atoms with Crippen LogP contribution in [-0.2, 0) is 20.7 Å². The van der Waals surface area contributed by atoms with Crippen LogP contribution in [0.2, 0.25) is 10.0 Å². The molecule has 0 saturated carbocycles. The summed E-state index contributed by atoms with van der Waals surface area (Å²) in [7, 11) is 1.15. The normalized spacial score (nSPS) is 9.80. The molecule has 0 N–H and O–H groups in total. The molecule has 0 aliphatic carbocycles. The Bertz CT molecular complexity index is 381. The molecule has 0 bridgehead atoms. The molecule has 1 rings (SSSR count). The molecule has 0 heterocycles. The standard InChI is InChI=1S/C10H8Cl2O3/c1-15-10(14)9(13)5-6-7(11)3-2-4-8(6)12/h2-4H,5H2,1H3. The zero-order valence-corrected chi connectivity index (χ0v) is 9.43. The van der Waals surface area contributed by atoms with Crippen molar-refractivity contribution in [2.24, 2.45) is 0 Å². The van der Waals surface area contributed by atoms with Crippen LogP contribution < -0.4 is 0 Å². The second-order valence-electron chi connectivity index (χ2n) is 2.79. The number of halogens is 2. The molecular formula is C10H8Cl2O3. The third-order valence-corrected chi connectivity index (χ3v) is 2.52. The van der Waals surface area contributed by atoms with E-state index < -0.39 is 11.8 Å². The molecule has 0 spiro atoms. The fourth-order valence-corrected chi connectivity index (χ4v) is 1.58. The van der Waals surface area contributed by atoms with Crippen molar-refractivity contribution in [3.63, 3.8) is 0 Å². The Hall–Kier alpha value is -1.06. The number of rotatable bonds is 3. The molecule has 0 aliphatic rings. The number of benzene rings is 1. The van der Waals surface area contributed by atoms with Gasteiger partial charge in [-0.05, 0) is 17.7 Å². The summed E-state index contributed by atoms with van der Waals surface area (Å²) in [6, 6.07) is 4.87. The second kappa shape index (κ2) is 5.14. The highest BCUT2D eigenvalue weighted by Crippen LogP contribution is 2.24. The molecule has 1 aromatic carbocycles. The summed E-state index contributed by atoms with van der Waals surface area (Å²) in [5.41, 5.74) is 0.441. The van der Waals surface area contributed by atoms with Crippen LogP contribution in [0.1, 0.15) is 5.56 Å². The third-order valence-electron chi connectivity index (χ3n) is 1.81. The Morgan fingerprint density at radius 3 is 2.27 bits per heavy atom. The van der Waals surface area contributed by atoms with Crippen molar-refractivity contribution in [3.05, 3.63) is 33.8 Å². The molecule has 3 nitrogen and oxygen atoms in total. The smallest absolute Gasteiger partial charge is 0.374 e. The minimum absolute atomic E-state index is 0.148. The Morgan fingerprint density at radius 1 is 1.27 bits per heavy atom. The second-order valence-corrected chi connectivity index (χ2v) is 3.61. The van der Waals surface area contributed by atoms with Crippen LogP contribution in [-0.4, -0.2) is 18.9 Å². The van der Waals surface area contributed by atoms with Gasteiger partial charge in [0.1, 0.15) is 0 Å². The molecular weight excluding hydrogens is 239 g/mol. The molecule has 0 radical (unpaired) electrons. The first-order valence-electron chi connectivity index (χ1n) is 4.10. The largest absolute Gasteiger partial charge is 0.463 e. The van der Waals surface area contributed by atoms with E-state index in [4.69, 9.17) is 23.2 Å². The highest BCUT2D eigenvalue weighted by molar-refractivity contribution is 6.38. The van der Waals surface area contributed by atoms with E-state index in [-0.39, 0.29) is 6.42 Å². The van der Waals surface area contributed by atoms with Gasteiger partial charge in [0.2, 0.25) is 5.78 Å². The van der Waals surface area contributed by atoms with E-state index in [1.54, 1.807) is 18.2 Å². The molecule has 5 heteroatoms. The van der Waals surface area contributed by atoms with Crippen molar-refractivity contribution >= 4 is 35.0 Å². The number of hydrogen-bond donors (Lipinski definition) is 0. The fourth-order valence-electron chi connectivity index (χ4n) is 1.05. The number of carbonyl (C=O) groups excluding carboxylic acids is 2. The zero-order chi connectivity index (χ0) is 11.4. The maximum absolute atomic E-state index is 11.3. The summed E-state index contributed by atoms with van der Waals surface area (Å²) in [4.78, 5) is 22.1. The summed E-state index contributed by atoms with van der Waals surface area (Å²) in [6.45, 7) is 0. The van der Waals surface area contributed by atoms with E-state index in [9.17, 15) is 9.59 Å². The molecule has 0 amide bonds. The molecule has 0 atom stereocenters. The summed E-state index contributed by atoms with van der Waals surface area (Å²) >= 11 is 11.7. The van der Waals surface area contributed by atoms with Crippen molar-refractivity contribution < 1.29 is 14.3 Å². The monoisotopic (exact) mass is 246 g/mol. The summed E-state index contributed by atoms with van der Waals surface area (Å²) in [5, 5.41) is 0.722. The highest BCUT2D eigenvalue weighted by atomic mass is 35.5. The SMILES string of the molecule is COC(=O)C(=O)Cc1c(Cl)cccc1Cl. The summed E-state index contributed by atoms with van der Waals surface area (Å²) in [6.07, 6.45) is -0.148. The molecule has 15 heavy (non-hydrogen) atoms. The molecule has 0 aliphatic heterocycles. The van der Waals surface area contributed by atoms with E-state index in [2.05, 4.69) is 4.74 Å². The first-order chi connectivity index (χ1) is 7.06. The van der Waals surface area contributed by atoms with E-state index in [1.807, 2.05) is 0 Å². The topological polar surface area (TPSA) is 43.4 Å². The fraction of sp³-hybridized carbons (Fsp3) is 0.200. The average molecular weight is 247 g/mol. The van der Waals surface area contributed by atoms with E-state index >= 15 is 0 Å². The predicted molar refractivity (Wildman–Crippen MR) is 57.2 cm³/mol. The van der Waals surface area contributed by atoms with Gasteiger partial charge in [-0.3, -0.25) is 4.79 Å². The molecule has 1 aromatic rings. The number of ether oxygens (including phenoxy) is 1. The Kier molecular flexibility index (Phi) is 4.12. The van der Waals surface area contributed by atoms with Crippen LogP contribution in [0.25, 0.3) is 0 Å². The number of ketones is 1. The molecule has 80 valence electrons. The van der Waals surface area contributed by atoms with Crippen LogP contribution >= 0.6 is 23.2 Å². The lowest BCUT2D eigenvalue weighted by atomic mass is 10.1. The molecule has 0 saturated heterocycles. The van der Waals surface area contributed by atoms with Crippen LogP contribution in [0.4, 0.5) is 0 Å². The maximum Gasteiger partial charge on any atom is 0.374 e. The minimum atomic E-state index is -0.897. The highest BCUT2D eigenvalue weighted by Gasteiger charge is 2.17. The van der Waals surface area contributed by atoms with Gasteiger partial charge in [-0.15, -0.1) is 0 Å². The maximum atomic E-state index is 11.3. The van der Waals surface area contributed by atoms with E-state index in [1.165, 1.54) is 0 Å². The quantitative estimate of drug-likeness (QED) is 0.607. The number of hydrogen-bond acceptors (Lipinski definition) is 3. The summed E-state index contributed by atoms with van der Waals surface area (Å²) < 4.78 is 4.29. The lowest BCUT2D eigenvalue weighted by Crippen LogP contribution is -2.18. The van der Waals surface area contributed by atoms with Gasteiger partial charge in [-0.1, -0.05) is 29.3 Å². The van der Waals surface area contributed by atoms with Crippen molar-refractivity contribution in [3.8, 4) is 0 Å². The van der Waals surface area contributed by atoms with Crippen LogP contribution in [0.5, 0.6) is 0 Å². The minimum Gasteiger partial charge on any atom is -0.463 e.